The summed E-state index contributed by atoms with van der Waals surface area (Å²) in [7, 11) is -2.11. The Kier molecular flexibility index (Phi) is 4.79. The molecule has 0 aliphatic carbocycles. The van der Waals surface area contributed by atoms with Crippen LogP contribution in [0.25, 0.3) is 5.69 Å². The van der Waals surface area contributed by atoms with Crippen molar-refractivity contribution >= 4 is 33.2 Å². The van der Waals surface area contributed by atoms with Crippen LogP contribution in [0.5, 0.6) is 0 Å². The first kappa shape index (κ1) is 16.4. The predicted molar refractivity (Wildman–Crippen MR) is 82.5 cm³/mol. The van der Waals surface area contributed by atoms with Gasteiger partial charge in [-0.1, -0.05) is 11.6 Å². The molecule has 0 atom stereocenters. The molecule has 0 fully saturated rings. The molecule has 1 amide bonds. The molecule has 10 heteroatoms. The molecule has 0 spiro atoms. The van der Waals surface area contributed by atoms with Crippen molar-refractivity contribution in [2.24, 2.45) is 0 Å². The van der Waals surface area contributed by atoms with Gasteiger partial charge in [0.05, 0.1) is 36.6 Å². The SMILES string of the molecule is CN(CC(=O)Nc1cn(-c2cccnc2)nc1Cl)S(C)(=O)=O. The van der Waals surface area contributed by atoms with E-state index in [1.54, 1.807) is 24.5 Å². The fourth-order valence-electron chi connectivity index (χ4n) is 1.57. The molecular formula is C12H14ClN5O3S. The van der Waals surface area contributed by atoms with Crippen molar-refractivity contribution in [3.8, 4) is 5.69 Å². The highest BCUT2D eigenvalue weighted by Gasteiger charge is 2.17. The molecule has 0 saturated heterocycles. The Morgan fingerprint density at radius 1 is 1.50 bits per heavy atom. The third-order valence-electron chi connectivity index (χ3n) is 2.79. The van der Waals surface area contributed by atoms with Crippen LogP contribution in [-0.2, 0) is 14.8 Å². The second-order valence-electron chi connectivity index (χ2n) is 4.56. The summed E-state index contributed by atoms with van der Waals surface area (Å²) in [6.07, 6.45) is 5.76. The van der Waals surface area contributed by atoms with Crippen LogP contribution < -0.4 is 5.32 Å². The van der Waals surface area contributed by atoms with Crippen molar-refractivity contribution in [2.45, 2.75) is 0 Å². The summed E-state index contributed by atoms with van der Waals surface area (Å²) in [5.41, 5.74) is 0.968. The highest BCUT2D eigenvalue weighted by atomic mass is 35.5. The fourth-order valence-corrected chi connectivity index (χ4v) is 2.10. The van der Waals surface area contributed by atoms with E-state index in [9.17, 15) is 13.2 Å². The molecule has 0 aliphatic heterocycles. The van der Waals surface area contributed by atoms with E-state index in [1.807, 2.05) is 0 Å². The number of aromatic nitrogens is 3. The van der Waals surface area contributed by atoms with Crippen LogP contribution in [0.15, 0.2) is 30.7 Å². The zero-order valence-corrected chi connectivity index (χ0v) is 13.5. The molecule has 0 aliphatic rings. The molecule has 2 heterocycles. The molecule has 2 aromatic rings. The first-order valence-electron chi connectivity index (χ1n) is 6.14. The summed E-state index contributed by atoms with van der Waals surface area (Å²) in [6, 6.07) is 3.52. The lowest BCUT2D eigenvalue weighted by Crippen LogP contribution is -2.34. The Hall–Kier alpha value is -1.97. The Morgan fingerprint density at radius 2 is 2.23 bits per heavy atom. The van der Waals surface area contributed by atoms with Gasteiger partial charge in [0.2, 0.25) is 15.9 Å². The van der Waals surface area contributed by atoms with Gasteiger partial charge in [0, 0.05) is 13.2 Å². The second-order valence-corrected chi connectivity index (χ2v) is 7.00. The molecule has 0 radical (unpaired) electrons. The monoisotopic (exact) mass is 343 g/mol. The molecule has 0 bridgehead atoms. The minimum absolute atomic E-state index is 0.0965. The number of hydrogen-bond acceptors (Lipinski definition) is 5. The lowest BCUT2D eigenvalue weighted by molar-refractivity contribution is -0.116. The summed E-state index contributed by atoms with van der Waals surface area (Å²) in [5.74, 6) is -0.513. The summed E-state index contributed by atoms with van der Waals surface area (Å²) in [4.78, 5) is 15.8. The van der Waals surface area contributed by atoms with Gasteiger partial charge >= 0.3 is 0 Å². The number of sulfonamides is 1. The van der Waals surface area contributed by atoms with Gasteiger partial charge in [0.1, 0.15) is 0 Å². The van der Waals surface area contributed by atoms with E-state index in [2.05, 4.69) is 15.4 Å². The lowest BCUT2D eigenvalue weighted by atomic mass is 10.4. The predicted octanol–water partition coefficient (Wildman–Crippen LogP) is 0.751. The van der Waals surface area contributed by atoms with Crippen molar-refractivity contribution in [2.75, 3.05) is 25.2 Å². The van der Waals surface area contributed by atoms with Crippen LogP contribution in [0.3, 0.4) is 0 Å². The molecule has 1 N–H and O–H groups in total. The van der Waals surface area contributed by atoms with Gasteiger partial charge < -0.3 is 5.32 Å². The van der Waals surface area contributed by atoms with Crippen molar-refractivity contribution < 1.29 is 13.2 Å². The summed E-state index contributed by atoms with van der Waals surface area (Å²) < 4.78 is 24.9. The lowest BCUT2D eigenvalue weighted by Gasteiger charge is -2.13. The number of likely N-dealkylation sites (N-methyl/N-ethyl adjacent to an activating group) is 1. The van der Waals surface area contributed by atoms with E-state index < -0.39 is 15.9 Å². The zero-order valence-electron chi connectivity index (χ0n) is 11.9. The van der Waals surface area contributed by atoms with E-state index in [0.29, 0.717) is 5.69 Å². The number of hydrogen-bond donors (Lipinski definition) is 1. The quantitative estimate of drug-likeness (QED) is 0.864. The topological polar surface area (TPSA) is 97.2 Å². The van der Waals surface area contributed by atoms with E-state index in [0.717, 1.165) is 10.6 Å². The average molecular weight is 344 g/mol. The van der Waals surface area contributed by atoms with E-state index in [4.69, 9.17) is 11.6 Å². The third-order valence-corrected chi connectivity index (χ3v) is 4.33. The third kappa shape index (κ3) is 4.03. The number of anilines is 1. The van der Waals surface area contributed by atoms with Crippen molar-refractivity contribution in [1.29, 1.82) is 0 Å². The van der Waals surface area contributed by atoms with Gasteiger partial charge in [-0.25, -0.2) is 13.1 Å². The second kappa shape index (κ2) is 6.42. The van der Waals surface area contributed by atoms with Gasteiger partial charge in [-0.05, 0) is 12.1 Å². The molecule has 0 saturated carbocycles. The van der Waals surface area contributed by atoms with Gasteiger partial charge in [0.25, 0.3) is 0 Å². The Labute approximate surface area is 132 Å². The van der Waals surface area contributed by atoms with Crippen LogP contribution >= 0.6 is 11.6 Å². The zero-order chi connectivity index (χ0) is 16.3. The first-order chi connectivity index (χ1) is 10.3. The highest BCUT2D eigenvalue weighted by molar-refractivity contribution is 7.88. The molecular weight excluding hydrogens is 330 g/mol. The molecule has 0 unspecified atom stereocenters. The maximum atomic E-state index is 11.8. The van der Waals surface area contributed by atoms with Gasteiger partial charge in [0.15, 0.2) is 5.15 Å². The van der Waals surface area contributed by atoms with E-state index in [1.165, 1.54) is 17.9 Å². The van der Waals surface area contributed by atoms with E-state index >= 15 is 0 Å². The van der Waals surface area contributed by atoms with E-state index in [-0.39, 0.29) is 17.4 Å². The van der Waals surface area contributed by atoms with Gasteiger partial charge in [-0.2, -0.15) is 9.40 Å². The number of halogens is 1. The Morgan fingerprint density at radius 3 is 2.82 bits per heavy atom. The summed E-state index contributed by atoms with van der Waals surface area (Å²) in [5, 5.41) is 6.68. The summed E-state index contributed by atoms with van der Waals surface area (Å²) in [6.45, 7) is -0.312. The Bertz CT molecular complexity index is 775. The maximum Gasteiger partial charge on any atom is 0.239 e. The molecule has 22 heavy (non-hydrogen) atoms. The van der Waals surface area contributed by atoms with Crippen LogP contribution in [0.1, 0.15) is 0 Å². The summed E-state index contributed by atoms with van der Waals surface area (Å²) >= 11 is 5.97. The molecule has 8 nitrogen and oxygen atoms in total. The molecule has 2 aromatic heterocycles. The molecule has 0 aromatic carbocycles. The Balaban J connectivity index is 2.11. The maximum absolute atomic E-state index is 11.8. The molecule has 118 valence electrons. The first-order valence-corrected chi connectivity index (χ1v) is 8.37. The minimum Gasteiger partial charge on any atom is -0.321 e. The number of nitrogens with one attached hydrogen (secondary N) is 1. The van der Waals surface area contributed by atoms with Crippen molar-refractivity contribution in [1.82, 2.24) is 19.1 Å². The van der Waals surface area contributed by atoms with Crippen LogP contribution in [0, 0.1) is 0 Å². The number of pyridine rings is 1. The largest absolute Gasteiger partial charge is 0.321 e. The smallest absolute Gasteiger partial charge is 0.239 e. The van der Waals surface area contributed by atoms with Crippen LogP contribution in [-0.4, -0.2) is 53.2 Å². The minimum atomic E-state index is -3.43. The molecule has 2 rings (SSSR count). The van der Waals surface area contributed by atoms with Crippen molar-refractivity contribution in [3.63, 3.8) is 0 Å². The van der Waals surface area contributed by atoms with Gasteiger partial charge in [-0.3, -0.25) is 9.78 Å². The average Bonchev–Trinajstić information content (AvgIpc) is 2.80. The fraction of sp³-hybridized carbons (Fsp3) is 0.250. The number of rotatable bonds is 5. The number of amides is 1. The standard InChI is InChI=1S/C12H14ClN5O3S/c1-17(22(2,20)21)8-11(19)15-10-7-18(16-12(10)13)9-4-3-5-14-6-9/h3-7H,8H2,1-2H3,(H,15,19). The van der Waals surface area contributed by atoms with Crippen LogP contribution in [0.2, 0.25) is 5.15 Å². The number of carbonyl (C=O) groups is 1. The normalized spacial score (nSPS) is 11.6. The van der Waals surface area contributed by atoms with Gasteiger partial charge in [-0.15, -0.1) is 0 Å². The number of carbonyl (C=O) groups excluding carboxylic acids is 1. The highest BCUT2D eigenvalue weighted by Crippen LogP contribution is 2.21. The van der Waals surface area contributed by atoms with Crippen LogP contribution in [0.4, 0.5) is 5.69 Å². The van der Waals surface area contributed by atoms with Crippen molar-refractivity contribution in [3.05, 3.63) is 35.9 Å². The number of nitrogens with zero attached hydrogens (tertiary/aromatic N) is 4.